The molecule has 4 rings (SSSR count). The van der Waals surface area contributed by atoms with E-state index in [1.165, 1.54) is 5.56 Å². The maximum atomic E-state index is 13.8. The molecule has 8 heteroatoms. The van der Waals surface area contributed by atoms with Gasteiger partial charge in [-0.2, -0.15) is 0 Å². The summed E-state index contributed by atoms with van der Waals surface area (Å²) < 4.78 is 5.93. The van der Waals surface area contributed by atoms with Crippen LogP contribution in [0.4, 0.5) is 21.9 Å². The van der Waals surface area contributed by atoms with Crippen LogP contribution in [0.2, 0.25) is 0 Å². The fraction of sp³-hybridized carbons (Fsp3) is 0.368. The van der Waals surface area contributed by atoms with Gasteiger partial charge in [-0.1, -0.05) is 55.3 Å². The molecule has 0 saturated carbocycles. The van der Waals surface area contributed by atoms with Crippen molar-refractivity contribution < 1.29 is 19.4 Å². The number of hydrogen-bond donors (Lipinski definition) is 3. The molecule has 0 unspecified atom stereocenters. The second-order valence-corrected chi connectivity index (χ2v) is 11.5. The number of phenolic OH excluding ortho intramolecular Hbond substituents is 1. The summed E-state index contributed by atoms with van der Waals surface area (Å²) in [5.74, 6) is 0.357. The van der Waals surface area contributed by atoms with Crippen LogP contribution in [-0.2, 0) is 0 Å². The summed E-state index contributed by atoms with van der Waals surface area (Å²) >= 11 is 0. The molecule has 4 aromatic rings. The highest BCUT2D eigenvalue weighted by Crippen LogP contribution is 2.39. The summed E-state index contributed by atoms with van der Waals surface area (Å²) in [6.45, 7) is 13.6. The van der Waals surface area contributed by atoms with Crippen molar-refractivity contribution in [2.24, 2.45) is 0 Å². The second-order valence-electron chi connectivity index (χ2n) is 11.5. The van der Waals surface area contributed by atoms with E-state index in [0.29, 0.717) is 48.3 Å². The summed E-state index contributed by atoms with van der Waals surface area (Å²) in [4.78, 5) is 31.1. The first-order chi connectivity index (χ1) is 22.3. The molecule has 3 N–H and O–H groups in total. The van der Waals surface area contributed by atoms with Gasteiger partial charge in [0, 0.05) is 42.6 Å². The van der Waals surface area contributed by atoms with Crippen LogP contribution in [0.5, 0.6) is 11.5 Å². The lowest BCUT2D eigenvalue weighted by Gasteiger charge is -2.27. The smallest absolute Gasteiger partial charge is 0.326 e. The monoisotopic (exact) mass is 624 g/mol. The highest BCUT2D eigenvalue weighted by Gasteiger charge is 2.25. The third kappa shape index (κ3) is 8.30. The van der Waals surface area contributed by atoms with Gasteiger partial charge in [0.05, 0.1) is 23.5 Å². The lowest BCUT2D eigenvalue weighted by Crippen LogP contribution is -2.37. The third-order valence-corrected chi connectivity index (χ3v) is 8.17. The predicted octanol–water partition coefficient (Wildman–Crippen LogP) is 8.25. The number of hydrogen-bond acceptors (Lipinski definition) is 5. The van der Waals surface area contributed by atoms with E-state index in [9.17, 15) is 14.7 Å². The van der Waals surface area contributed by atoms with Crippen molar-refractivity contribution in [3.8, 4) is 11.5 Å². The molecule has 244 valence electrons. The molecule has 8 nitrogen and oxygen atoms in total. The van der Waals surface area contributed by atoms with Gasteiger partial charge in [-0.05, 0) is 88.9 Å². The van der Waals surface area contributed by atoms with Crippen LogP contribution >= 0.6 is 0 Å². The van der Waals surface area contributed by atoms with Gasteiger partial charge in [0.1, 0.15) is 11.5 Å². The summed E-state index contributed by atoms with van der Waals surface area (Å²) in [7, 11) is 0. The van der Waals surface area contributed by atoms with Crippen LogP contribution in [0.15, 0.2) is 72.8 Å². The highest BCUT2D eigenvalue weighted by molar-refractivity contribution is 6.13. The zero-order chi connectivity index (χ0) is 33.1. The van der Waals surface area contributed by atoms with Gasteiger partial charge >= 0.3 is 6.03 Å². The van der Waals surface area contributed by atoms with Crippen molar-refractivity contribution >= 4 is 39.8 Å². The number of phenols is 1. The van der Waals surface area contributed by atoms with Gasteiger partial charge < -0.3 is 25.4 Å². The van der Waals surface area contributed by atoms with Gasteiger partial charge in [0.15, 0.2) is 0 Å². The Morgan fingerprint density at radius 2 is 1.46 bits per heavy atom. The van der Waals surface area contributed by atoms with E-state index in [0.717, 1.165) is 49.4 Å². The zero-order valence-electron chi connectivity index (χ0n) is 27.9. The van der Waals surface area contributed by atoms with E-state index in [1.54, 1.807) is 17.0 Å². The third-order valence-electron chi connectivity index (χ3n) is 8.17. The molecule has 0 fully saturated rings. The Balaban J connectivity index is 1.58. The van der Waals surface area contributed by atoms with Crippen LogP contribution < -0.4 is 25.2 Å². The first-order valence-electron chi connectivity index (χ1n) is 16.4. The molecule has 0 saturated heterocycles. The summed E-state index contributed by atoms with van der Waals surface area (Å²) in [6.07, 6.45) is 3.27. The molecule has 3 amide bonds. The quantitative estimate of drug-likeness (QED) is 0.116. The number of nitrogens with one attached hydrogen (secondary N) is 2. The zero-order valence-corrected chi connectivity index (χ0v) is 27.9. The number of anilines is 3. The number of unbranched alkanes of at least 4 members (excludes halogenated alkanes) is 2. The van der Waals surface area contributed by atoms with Crippen molar-refractivity contribution in [1.29, 1.82) is 0 Å². The minimum absolute atomic E-state index is 0.113. The maximum absolute atomic E-state index is 13.8. The number of fused-ring (bicyclic) bond motifs is 1. The first kappa shape index (κ1) is 34.2. The lowest BCUT2D eigenvalue weighted by molar-refractivity contribution is 0.0950. The molecule has 0 aliphatic carbocycles. The molecular formula is C38H48N4O4. The predicted molar refractivity (Wildman–Crippen MR) is 189 cm³/mol. The number of ether oxygens (including phenoxy) is 1. The van der Waals surface area contributed by atoms with Crippen molar-refractivity contribution in [3.05, 3.63) is 89.5 Å². The molecular weight excluding hydrogens is 576 g/mol. The number of urea groups is 1. The Hall–Kier alpha value is -4.72. The number of rotatable bonds is 15. The van der Waals surface area contributed by atoms with Crippen LogP contribution in [0.3, 0.4) is 0 Å². The molecule has 0 aliphatic heterocycles. The lowest BCUT2D eigenvalue weighted by atomic mass is 10.0. The first-order valence-corrected chi connectivity index (χ1v) is 16.4. The normalized spacial score (nSPS) is 10.9. The van der Waals surface area contributed by atoms with Crippen molar-refractivity contribution in [3.63, 3.8) is 0 Å². The van der Waals surface area contributed by atoms with Gasteiger partial charge in [-0.3, -0.25) is 9.69 Å². The van der Waals surface area contributed by atoms with Crippen molar-refractivity contribution in [2.75, 3.05) is 42.6 Å². The minimum Gasteiger partial charge on any atom is -0.506 e. The van der Waals surface area contributed by atoms with Gasteiger partial charge in [0.2, 0.25) is 0 Å². The van der Waals surface area contributed by atoms with Gasteiger partial charge in [-0.25, -0.2) is 4.79 Å². The molecule has 0 radical (unpaired) electrons. The SMILES string of the molecule is CCCCNC(=O)N(c1ccc(N(CC)CC)cc1)c1cc(C(=O)NCCCCOc2ccc(C)cc2C)c(O)c2ccccc12. The van der Waals surface area contributed by atoms with Crippen LogP contribution in [-0.4, -0.2) is 49.8 Å². The Morgan fingerprint density at radius 1 is 0.783 bits per heavy atom. The summed E-state index contributed by atoms with van der Waals surface area (Å²) in [5.41, 5.74) is 4.66. The molecule has 0 aromatic heterocycles. The molecule has 0 bridgehead atoms. The highest BCUT2D eigenvalue weighted by atomic mass is 16.5. The Bertz CT molecular complexity index is 1620. The molecule has 4 aromatic carbocycles. The number of nitrogens with zero attached hydrogens (tertiary/aromatic N) is 2. The number of aryl methyl sites for hydroxylation is 2. The van der Waals surface area contributed by atoms with E-state index >= 15 is 0 Å². The maximum Gasteiger partial charge on any atom is 0.326 e. The van der Waals surface area contributed by atoms with Crippen LogP contribution in [0.25, 0.3) is 10.8 Å². The average molecular weight is 625 g/mol. The van der Waals surface area contributed by atoms with Crippen LogP contribution in [0, 0.1) is 13.8 Å². The van der Waals surface area contributed by atoms with E-state index in [-0.39, 0.29) is 17.3 Å². The Kier molecular flexibility index (Phi) is 12.3. The average Bonchev–Trinajstić information content (AvgIpc) is 3.06. The van der Waals surface area contributed by atoms with E-state index in [2.05, 4.69) is 49.3 Å². The minimum atomic E-state index is -0.400. The standard InChI is InChI=1S/C38H48N4O4/c1-6-9-22-40-38(45)42(30-19-17-29(18-20-30)41(7-2)8-3)34-26-33(36(43)32-15-11-10-14-31(32)34)37(44)39-23-12-13-24-46-35-21-16-27(4)25-28(35)5/h10-11,14-21,25-26,43H,6-9,12-13,22-24H2,1-5H3,(H,39,44)(H,40,45). The summed E-state index contributed by atoms with van der Waals surface area (Å²) in [6, 6.07) is 22.6. The number of benzene rings is 4. The van der Waals surface area contributed by atoms with Crippen molar-refractivity contribution in [1.82, 2.24) is 10.6 Å². The molecule has 0 spiro atoms. The molecule has 46 heavy (non-hydrogen) atoms. The van der Waals surface area contributed by atoms with Crippen molar-refractivity contribution in [2.45, 2.75) is 60.3 Å². The number of carbonyl (C=O) groups is 2. The fourth-order valence-electron chi connectivity index (χ4n) is 5.58. The molecule has 0 heterocycles. The second kappa shape index (κ2) is 16.5. The van der Waals surface area contributed by atoms with E-state index in [4.69, 9.17) is 4.74 Å². The Morgan fingerprint density at radius 3 is 2.13 bits per heavy atom. The molecule has 0 atom stereocenters. The van der Waals surface area contributed by atoms with Crippen LogP contribution in [0.1, 0.15) is 67.9 Å². The topological polar surface area (TPSA) is 94.1 Å². The number of amides is 3. The van der Waals surface area contributed by atoms with Gasteiger partial charge in [0.25, 0.3) is 5.91 Å². The van der Waals surface area contributed by atoms with E-state index in [1.807, 2.05) is 61.5 Å². The largest absolute Gasteiger partial charge is 0.506 e. The number of aromatic hydroxyl groups is 1. The number of carbonyl (C=O) groups excluding carboxylic acids is 2. The Labute approximate surface area is 273 Å². The molecule has 0 aliphatic rings. The van der Waals surface area contributed by atoms with E-state index < -0.39 is 5.91 Å². The fourth-order valence-corrected chi connectivity index (χ4v) is 5.58. The summed E-state index contributed by atoms with van der Waals surface area (Å²) in [5, 5.41) is 18.4. The van der Waals surface area contributed by atoms with Gasteiger partial charge in [-0.15, -0.1) is 0 Å².